The zero-order valence-electron chi connectivity index (χ0n) is 14.1. The third-order valence-corrected chi connectivity index (χ3v) is 4.61. The van der Waals surface area contributed by atoms with Gasteiger partial charge in [0.05, 0.1) is 19.7 Å². The summed E-state index contributed by atoms with van der Waals surface area (Å²) < 4.78 is 6.04. The van der Waals surface area contributed by atoms with Gasteiger partial charge in [0.25, 0.3) is 0 Å². The molecule has 0 fully saturated rings. The highest BCUT2D eigenvalue weighted by atomic mass is 79.9. The maximum Gasteiger partial charge on any atom is 0.244 e. The first kappa shape index (κ1) is 17.9. The molecule has 0 aromatic heterocycles. The van der Waals surface area contributed by atoms with Crippen LogP contribution in [0.1, 0.15) is 11.1 Å². The van der Waals surface area contributed by atoms with Crippen molar-refractivity contribution in [3.63, 3.8) is 0 Å². The molecule has 0 bridgehead atoms. The number of amides is 1. The monoisotopic (exact) mass is 412 g/mol. The predicted molar refractivity (Wildman–Crippen MR) is 106 cm³/mol. The van der Waals surface area contributed by atoms with Crippen molar-refractivity contribution in [2.45, 2.75) is 6.42 Å². The van der Waals surface area contributed by atoms with Gasteiger partial charge in [0.15, 0.2) is 11.5 Å². The lowest BCUT2D eigenvalue weighted by molar-refractivity contribution is -0.120. The second-order valence-electron chi connectivity index (χ2n) is 5.65. The first-order chi connectivity index (χ1) is 12.6. The molecule has 0 unspecified atom stereocenters. The van der Waals surface area contributed by atoms with Crippen LogP contribution in [0.2, 0.25) is 0 Å². The summed E-state index contributed by atoms with van der Waals surface area (Å²) in [7, 11) is 1.47. The molecule has 0 radical (unpaired) electrons. The number of halogens is 1. The second kappa shape index (κ2) is 8.01. The smallest absolute Gasteiger partial charge is 0.244 e. The molecule has 26 heavy (non-hydrogen) atoms. The van der Waals surface area contributed by atoms with Gasteiger partial charge in [-0.25, -0.2) is 5.43 Å². The van der Waals surface area contributed by atoms with E-state index in [9.17, 15) is 9.90 Å². The van der Waals surface area contributed by atoms with Gasteiger partial charge in [-0.15, -0.1) is 0 Å². The minimum absolute atomic E-state index is 0.0517. The lowest BCUT2D eigenvalue weighted by Crippen LogP contribution is -2.19. The number of hydrogen-bond acceptors (Lipinski definition) is 4. The summed E-state index contributed by atoms with van der Waals surface area (Å²) in [5.74, 6) is 0.192. The van der Waals surface area contributed by atoms with Crippen LogP contribution in [0.25, 0.3) is 10.8 Å². The normalized spacial score (nSPS) is 11.0. The summed E-state index contributed by atoms with van der Waals surface area (Å²) in [4.78, 5) is 12.2. The number of hydrogen-bond donors (Lipinski definition) is 2. The molecule has 0 aliphatic heterocycles. The number of carbonyl (C=O) groups excluding carboxylic acids is 1. The maximum absolute atomic E-state index is 12.2. The molecule has 0 atom stereocenters. The number of fused-ring (bicyclic) bond motifs is 1. The van der Waals surface area contributed by atoms with Gasteiger partial charge < -0.3 is 9.84 Å². The summed E-state index contributed by atoms with van der Waals surface area (Å²) >= 11 is 3.53. The fraction of sp³-hybridized carbons (Fsp3) is 0.100. The van der Waals surface area contributed by atoms with E-state index in [2.05, 4.69) is 26.5 Å². The Balaban J connectivity index is 1.69. The van der Waals surface area contributed by atoms with E-state index in [4.69, 9.17) is 4.74 Å². The number of ether oxygens (including phenoxy) is 1. The number of hydrazone groups is 1. The molecule has 6 heteroatoms. The fourth-order valence-corrected chi connectivity index (χ4v) is 3.12. The van der Waals surface area contributed by atoms with E-state index in [1.54, 1.807) is 12.1 Å². The van der Waals surface area contributed by atoms with Gasteiger partial charge in [-0.1, -0.05) is 46.3 Å². The number of methoxy groups -OCH3 is 1. The average Bonchev–Trinajstić information content (AvgIpc) is 2.65. The minimum atomic E-state index is -0.209. The number of carbonyl (C=O) groups is 1. The third-order valence-electron chi connectivity index (χ3n) is 3.92. The third kappa shape index (κ3) is 4.03. The Morgan fingerprint density at radius 2 is 1.96 bits per heavy atom. The molecule has 0 aliphatic rings. The lowest BCUT2D eigenvalue weighted by atomic mass is 10.0. The summed E-state index contributed by atoms with van der Waals surface area (Å²) in [6, 6.07) is 16.6. The van der Waals surface area contributed by atoms with Crippen molar-refractivity contribution in [2.75, 3.05) is 7.11 Å². The topological polar surface area (TPSA) is 70.9 Å². The second-order valence-corrected chi connectivity index (χ2v) is 6.51. The number of nitrogens with one attached hydrogen (secondary N) is 1. The first-order valence-corrected chi connectivity index (χ1v) is 8.73. The Hall–Kier alpha value is -2.86. The largest absolute Gasteiger partial charge is 0.504 e. The quantitative estimate of drug-likeness (QED) is 0.491. The minimum Gasteiger partial charge on any atom is -0.504 e. The van der Waals surface area contributed by atoms with E-state index in [-0.39, 0.29) is 18.1 Å². The Morgan fingerprint density at radius 3 is 2.73 bits per heavy atom. The Bertz CT molecular complexity index is 986. The highest BCUT2D eigenvalue weighted by Gasteiger charge is 2.08. The van der Waals surface area contributed by atoms with E-state index in [0.29, 0.717) is 11.3 Å². The molecule has 0 spiro atoms. The number of phenols is 1. The van der Waals surface area contributed by atoms with E-state index in [1.807, 2.05) is 36.4 Å². The van der Waals surface area contributed by atoms with Crippen LogP contribution in [0.15, 0.2) is 64.2 Å². The Labute approximate surface area is 159 Å². The van der Waals surface area contributed by atoms with Crippen LogP contribution in [0.3, 0.4) is 0 Å². The van der Waals surface area contributed by atoms with Crippen molar-refractivity contribution in [3.8, 4) is 11.5 Å². The van der Waals surface area contributed by atoms with Gasteiger partial charge >= 0.3 is 0 Å². The van der Waals surface area contributed by atoms with Gasteiger partial charge in [-0.05, 0) is 46.2 Å². The molecule has 3 aromatic carbocycles. The van der Waals surface area contributed by atoms with Crippen LogP contribution in [0.4, 0.5) is 0 Å². The molecule has 0 aliphatic carbocycles. The van der Waals surface area contributed by atoms with E-state index < -0.39 is 0 Å². The summed E-state index contributed by atoms with van der Waals surface area (Å²) in [5, 5.41) is 15.6. The van der Waals surface area contributed by atoms with Crippen molar-refractivity contribution < 1.29 is 14.6 Å². The SMILES string of the molecule is COc1cc(/C=N/NC(=O)Cc2ccc(Br)c3ccccc23)ccc1O. The summed E-state index contributed by atoms with van der Waals surface area (Å²) in [5.41, 5.74) is 4.16. The van der Waals surface area contributed by atoms with Crippen molar-refractivity contribution in [2.24, 2.45) is 5.10 Å². The number of benzene rings is 3. The molecule has 0 heterocycles. The van der Waals surface area contributed by atoms with Crippen LogP contribution in [-0.4, -0.2) is 24.3 Å². The van der Waals surface area contributed by atoms with Crippen LogP contribution in [0, 0.1) is 0 Å². The zero-order chi connectivity index (χ0) is 18.5. The molecule has 3 aromatic rings. The fourth-order valence-electron chi connectivity index (χ4n) is 2.64. The van der Waals surface area contributed by atoms with Gasteiger partial charge in [0, 0.05) is 4.47 Å². The molecular weight excluding hydrogens is 396 g/mol. The number of nitrogens with zero attached hydrogens (tertiary/aromatic N) is 1. The van der Waals surface area contributed by atoms with Crippen LogP contribution in [-0.2, 0) is 11.2 Å². The average molecular weight is 413 g/mol. The highest BCUT2D eigenvalue weighted by molar-refractivity contribution is 9.10. The highest BCUT2D eigenvalue weighted by Crippen LogP contribution is 2.27. The van der Waals surface area contributed by atoms with E-state index in [1.165, 1.54) is 19.4 Å². The van der Waals surface area contributed by atoms with Gasteiger partial charge in [0.2, 0.25) is 5.91 Å². The van der Waals surface area contributed by atoms with Crippen LogP contribution >= 0.6 is 15.9 Å². The summed E-state index contributed by atoms with van der Waals surface area (Å²) in [6.07, 6.45) is 1.73. The van der Waals surface area contributed by atoms with Crippen molar-refractivity contribution in [3.05, 3.63) is 70.2 Å². The molecular formula is C20H17BrN2O3. The number of aromatic hydroxyl groups is 1. The Kier molecular flexibility index (Phi) is 5.53. The molecule has 0 saturated carbocycles. The Morgan fingerprint density at radius 1 is 1.19 bits per heavy atom. The number of rotatable bonds is 5. The molecule has 2 N–H and O–H groups in total. The first-order valence-electron chi connectivity index (χ1n) is 7.93. The number of phenolic OH excluding ortho intramolecular Hbond substituents is 1. The predicted octanol–water partition coefficient (Wildman–Crippen LogP) is 4.01. The standard InChI is InChI=1S/C20H17BrN2O3/c1-26-19-10-13(6-9-18(19)24)12-22-23-20(25)11-14-7-8-17(21)16-5-3-2-4-15(14)16/h2-10,12,24H,11H2,1H3,(H,23,25)/b22-12+. The van der Waals surface area contributed by atoms with E-state index in [0.717, 1.165) is 20.8 Å². The van der Waals surface area contributed by atoms with Crippen molar-refractivity contribution in [1.82, 2.24) is 5.43 Å². The molecule has 1 amide bonds. The van der Waals surface area contributed by atoms with Crippen LogP contribution in [0.5, 0.6) is 11.5 Å². The van der Waals surface area contributed by atoms with E-state index >= 15 is 0 Å². The van der Waals surface area contributed by atoms with Gasteiger partial charge in [-0.3, -0.25) is 4.79 Å². The molecule has 132 valence electrons. The maximum atomic E-state index is 12.2. The van der Waals surface area contributed by atoms with Gasteiger partial charge in [0.1, 0.15) is 0 Å². The summed E-state index contributed by atoms with van der Waals surface area (Å²) in [6.45, 7) is 0. The van der Waals surface area contributed by atoms with Crippen molar-refractivity contribution in [1.29, 1.82) is 0 Å². The molecule has 5 nitrogen and oxygen atoms in total. The molecule has 0 saturated heterocycles. The van der Waals surface area contributed by atoms with Crippen LogP contribution < -0.4 is 10.2 Å². The lowest BCUT2D eigenvalue weighted by Gasteiger charge is -2.07. The van der Waals surface area contributed by atoms with Gasteiger partial charge in [-0.2, -0.15) is 5.10 Å². The molecule has 3 rings (SSSR count). The zero-order valence-corrected chi connectivity index (χ0v) is 15.7. The van der Waals surface area contributed by atoms with Crippen molar-refractivity contribution >= 4 is 38.8 Å².